The van der Waals surface area contributed by atoms with E-state index >= 15 is 0 Å². The summed E-state index contributed by atoms with van der Waals surface area (Å²) in [5.74, 6) is 0.293. The molecule has 0 N–H and O–H groups in total. The average Bonchev–Trinajstić information content (AvgIpc) is 2.83. The van der Waals surface area contributed by atoms with E-state index in [1.807, 2.05) is 6.92 Å². The molecular weight excluding hydrogens is 240 g/mol. The molecule has 1 aromatic heterocycles. The molecule has 0 atom stereocenters. The summed E-state index contributed by atoms with van der Waals surface area (Å²) < 4.78 is 6.67. The van der Waals surface area contributed by atoms with Gasteiger partial charge in [0.05, 0.1) is 13.3 Å². The molecule has 0 aromatic carbocycles. The van der Waals surface area contributed by atoms with Crippen molar-refractivity contribution in [1.82, 2.24) is 9.78 Å². The number of hydrogen-bond donors (Lipinski definition) is 0. The van der Waals surface area contributed by atoms with E-state index < -0.39 is 0 Å². The van der Waals surface area contributed by atoms with Crippen LogP contribution in [0, 0.1) is 5.92 Å². The fourth-order valence-electron chi connectivity index (χ4n) is 2.76. The number of methoxy groups -OCH3 is 1. The number of allylic oxidation sites excluding steroid dienone is 1. The number of hydrogen-bond acceptors (Lipinski definition) is 3. The third-order valence-electron chi connectivity index (χ3n) is 3.83. The number of aromatic nitrogens is 2. The molecule has 1 aromatic rings. The number of rotatable bonds is 4. The predicted molar refractivity (Wildman–Crippen MR) is 74.8 cm³/mol. The van der Waals surface area contributed by atoms with Crippen LogP contribution in [0.2, 0.25) is 0 Å². The number of carbonyl (C=O) groups excluding carboxylic acids is 1. The number of carbonyl (C=O) groups is 1. The quantitative estimate of drug-likeness (QED) is 0.782. The first-order chi connectivity index (χ1) is 9.13. The molecule has 1 heterocycles. The Labute approximate surface area is 114 Å². The summed E-state index contributed by atoms with van der Waals surface area (Å²) in [5, 5.41) is 4.36. The van der Waals surface area contributed by atoms with Gasteiger partial charge in [0.1, 0.15) is 0 Å². The van der Waals surface area contributed by atoms with Crippen LogP contribution in [0.4, 0.5) is 0 Å². The Morgan fingerprint density at radius 2 is 2.16 bits per heavy atom. The van der Waals surface area contributed by atoms with Gasteiger partial charge in [0, 0.05) is 12.1 Å². The molecule has 4 nitrogen and oxygen atoms in total. The number of nitrogens with zero attached hydrogens (tertiary/aromatic N) is 2. The second-order valence-electron chi connectivity index (χ2n) is 5.36. The first-order valence-corrected chi connectivity index (χ1v) is 6.93. The van der Waals surface area contributed by atoms with Gasteiger partial charge in [0.15, 0.2) is 5.69 Å². The standard InChI is InChI=1S/C15H22N2O2/c1-11(2)13-9-16-17(14(13)15(18)19-3)10-12-7-5-4-6-8-12/h9,12H,1,4-8,10H2,2-3H3. The Morgan fingerprint density at radius 3 is 2.74 bits per heavy atom. The average molecular weight is 262 g/mol. The third-order valence-corrected chi connectivity index (χ3v) is 3.83. The minimum atomic E-state index is -0.327. The molecule has 0 radical (unpaired) electrons. The lowest BCUT2D eigenvalue weighted by Gasteiger charge is -2.22. The second kappa shape index (κ2) is 6.04. The van der Waals surface area contributed by atoms with Crippen molar-refractivity contribution in [3.05, 3.63) is 24.0 Å². The lowest BCUT2D eigenvalue weighted by Crippen LogP contribution is -2.20. The molecule has 0 spiro atoms. The predicted octanol–water partition coefficient (Wildman–Crippen LogP) is 3.28. The highest BCUT2D eigenvalue weighted by molar-refractivity contribution is 5.93. The largest absolute Gasteiger partial charge is 0.464 e. The molecule has 19 heavy (non-hydrogen) atoms. The number of esters is 1. The summed E-state index contributed by atoms with van der Waals surface area (Å²) in [6, 6.07) is 0. The smallest absolute Gasteiger partial charge is 0.356 e. The molecule has 2 rings (SSSR count). The Hall–Kier alpha value is -1.58. The van der Waals surface area contributed by atoms with Crippen molar-refractivity contribution in [3.63, 3.8) is 0 Å². The lowest BCUT2D eigenvalue weighted by atomic mass is 9.89. The molecule has 0 amide bonds. The fraction of sp³-hybridized carbons (Fsp3) is 0.600. The van der Waals surface area contributed by atoms with Crippen molar-refractivity contribution >= 4 is 11.5 Å². The first-order valence-electron chi connectivity index (χ1n) is 6.93. The van der Waals surface area contributed by atoms with Gasteiger partial charge in [-0.15, -0.1) is 0 Å². The zero-order valence-electron chi connectivity index (χ0n) is 11.8. The summed E-state index contributed by atoms with van der Waals surface area (Å²) >= 11 is 0. The van der Waals surface area contributed by atoms with E-state index in [9.17, 15) is 4.79 Å². The Bertz CT molecular complexity index is 470. The van der Waals surface area contributed by atoms with Crippen molar-refractivity contribution in [1.29, 1.82) is 0 Å². The topological polar surface area (TPSA) is 44.1 Å². The molecule has 4 heteroatoms. The van der Waals surface area contributed by atoms with Gasteiger partial charge in [-0.25, -0.2) is 4.79 Å². The van der Waals surface area contributed by atoms with Gasteiger partial charge >= 0.3 is 5.97 Å². The summed E-state index contributed by atoms with van der Waals surface area (Å²) in [7, 11) is 1.41. The minimum absolute atomic E-state index is 0.327. The Morgan fingerprint density at radius 1 is 1.47 bits per heavy atom. The van der Waals surface area contributed by atoms with E-state index in [2.05, 4.69) is 11.7 Å². The highest BCUT2D eigenvalue weighted by Crippen LogP contribution is 2.26. The summed E-state index contributed by atoms with van der Waals surface area (Å²) in [6.07, 6.45) is 8.07. The Kier molecular flexibility index (Phi) is 4.40. The van der Waals surface area contributed by atoms with Gasteiger partial charge in [-0.1, -0.05) is 25.8 Å². The number of ether oxygens (including phenoxy) is 1. The van der Waals surface area contributed by atoms with E-state index in [1.54, 1.807) is 10.9 Å². The minimum Gasteiger partial charge on any atom is -0.464 e. The molecule has 1 aliphatic rings. The van der Waals surface area contributed by atoms with Crippen LogP contribution in [-0.2, 0) is 11.3 Å². The van der Waals surface area contributed by atoms with Gasteiger partial charge in [-0.2, -0.15) is 5.10 Å². The molecule has 0 bridgehead atoms. The summed E-state index contributed by atoms with van der Waals surface area (Å²) in [6.45, 7) is 6.59. The van der Waals surface area contributed by atoms with Crippen molar-refractivity contribution in [3.8, 4) is 0 Å². The molecule has 0 unspecified atom stereocenters. The normalized spacial score (nSPS) is 16.3. The van der Waals surface area contributed by atoms with Crippen LogP contribution in [0.5, 0.6) is 0 Å². The van der Waals surface area contributed by atoms with Crippen LogP contribution >= 0.6 is 0 Å². The molecule has 104 valence electrons. The van der Waals surface area contributed by atoms with Crippen LogP contribution in [0.1, 0.15) is 55.1 Å². The van der Waals surface area contributed by atoms with Gasteiger partial charge in [0.25, 0.3) is 0 Å². The van der Waals surface area contributed by atoms with Gasteiger partial charge in [0.2, 0.25) is 0 Å². The highest BCUT2D eigenvalue weighted by atomic mass is 16.5. The molecule has 0 aliphatic heterocycles. The van der Waals surface area contributed by atoms with E-state index in [0.717, 1.165) is 17.7 Å². The van der Waals surface area contributed by atoms with E-state index in [4.69, 9.17) is 4.74 Å². The van der Waals surface area contributed by atoms with E-state index in [0.29, 0.717) is 11.6 Å². The van der Waals surface area contributed by atoms with Crippen LogP contribution in [0.25, 0.3) is 5.57 Å². The van der Waals surface area contributed by atoms with Crippen molar-refractivity contribution in [2.45, 2.75) is 45.6 Å². The zero-order chi connectivity index (χ0) is 13.8. The summed E-state index contributed by atoms with van der Waals surface area (Å²) in [5.41, 5.74) is 2.18. The van der Waals surface area contributed by atoms with Crippen molar-refractivity contribution in [2.75, 3.05) is 7.11 Å². The fourth-order valence-corrected chi connectivity index (χ4v) is 2.76. The Balaban J connectivity index is 2.23. The first kappa shape index (κ1) is 13.8. The maximum Gasteiger partial charge on any atom is 0.356 e. The second-order valence-corrected chi connectivity index (χ2v) is 5.36. The maximum atomic E-state index is 11.9. The van der Waals surface area contributed by atoms with E-state index in [1.165, 1.54) is 39.2 Å². The zero-order valence-corrected chi connectivity index (χ0v) is 11.8. The van der Waals surface area contributed by atoms with Crippen molar-refractivity contribution in [2.24, 2.45) is 5.92 Å². The SMILES string of the molecule is C=C(C)c1cnn(CC2CCCCC2)c1C(=O)OC. The molecule has 1 fully saturated rings. The molecular formula is C15H22N2O2. The van der Waals surface area contributed by atoms with Crippen LogP contribution in [-0.4, -0.2) is 22.9 Å². The lowest BCUT2D eigenvalue weighted by molar-refractivity contribution is 0.0584. The molecule has 1 aliphatic carbocycles. The van der Waals surface area contributed by atoms with Gasteiger partial charge < -0.3 is 4.74 Å². The van der Waals surface area contributed by atoms with Gasteiger partial charge in [-0.3, -0.25) is 4.68 Å². The highest BCUT2D eigenvalue weighted by Gasteiger charge is 2.22. The monoisotopic (exact) mass is 262 g/mol. The third kappa shape index (κ3) is 3.06. The van der Waals surface area contributed by atoms with Crippen LogP contribution in [0.15, 0.2) is 12.8 Å². The van der Waals surface area contributed by atoms with Crippen LogP contribution in [0.3, 0.4) is 0 Å². The van der Waals surface area contributed by atoms with Crippen LogP contribution < -0.4 is 0 Å². The molecule has 0 saturated heterocycles. The summed E-state index contributed by atoms with van der Waals surface area (Å²) in [4.78, 5) is 11.9. The van der Waals surface area contributed by atoms with Gasteiger partial charge in [-0.05, 0) is 31.3 Å². The molecule has 1 saturated carbocycles. The van der Waals surface area contributed by atoms with Crippen molar-refractivity contribution < 1.29 is 9.53 Å². The maximum absolute atomic E-state index is 11.9. The van der Waals surface area contributed by atoms with E-state index in [-0.39, 0.29) is 5.97 Å².